The molecule has 1 rings (SSSR count). The number of anilines is 1. The molecule has 1 unspecified atom stereocenters. The third-order valence-corrected chi connectivity index (χ3v) is 2.78. The minimum atomic E-state index is -1.08. The molecule has 0 aliphatic carbocycles. The summed E-state index contributed by atoms with van der Waals surface area (Å²) in [5.41, 5.74) is 0.0813. The van der Waals surface area contributed by atoms with Crippen molar-refractivity contribution in [1.29, 1.82) is 0 Å². The van der Waals surface area contributed by atoms with Gasteiger partial charge in [-0.1, -0.05) is 13.8 Å². The van der Waals surface area contributed by atoms with E-state index in [-0.39, 0.29) is 18.2 Å². The first-order valence-corrected chi connectivity index (χ1v) is 6.04. The zero-order valence-corrected chi connectivity index (χ0v) is 11.1. The fraction of sp³-hybridized carbons (Fsp3) is 0.385. The maximum Gasteiger partial charge on any atom is 0.319 e. The number of hydrogen-bond acceptors (Lipinski definition) is 2. The molecular weight excluding hydrogens is 270 g/mol. The van der Waals surface area contributed by atoms with E-state index in [2.05, 4.69) is 10.6 Å². The van der Waals surface area contributed by atoms with Gasteiger partial charge in [0.2, 0.25) is 0 Å². The molecular formula is C13H16F2N2O3. The van der Waals surface area contributed by atoms with E-state index in [4.69, 9.17) is 5.11 Å². The van der Waals surface area contributed by atoms with Crippen molar-refractivity contribution in [3.63, 3.8) is 0 Å². The molecule has 0 heterocycles. The average Bonchev–Trinajstić information content (AvgIpc) is 2.33. The van der Waals surface area contributed by atoms with Crippen LogP contribution in [-0.4, -0.2) is 23.7 Å². The molecule has 0 radical (unpaired) electrons. The Kier molecular flexibility index (Phi) is 5.42. The maximum absolute atomic E-state index is 12.9. The number of halogens is 2. The Morgan fingerprint density at radius 2 is 1.90 bits per heavy atom. The van der Waals surface area contributed by atoms with Gasteiger partial charge in [0.1, 0.15) is 0 Å². The quantitative estimate of drug-likeness (QED) is 0.778. The zero-order chi connectivity index (χ0) is 15.3. The molecule has 20 heavy (non-hydrogen) atoms. The second kappa shape index (κ2) is 6.83. The van der Waals surface area contributed by atoms with Crippen LogP contribution in [0.1, 0.15) is 13.8 Å². The van der Waals surface area contributed by atoms with Gasteiger partial charge in [-0.15, -0.1) is 0 Å². The molecule has 5 nitrogen and oxygen atoms in total. The molecule has 1 aromatic rings. The second-order valence-corrected chi connectivity index (χ2v) is 4.65. The number of rotatable bonds is 5. The summed E-state index contributed by atoms with van der Waals surface area (Å²) in [4.78, 5) is 22.5. The summed E-state index contributed by atoms with van der Waals surface area (Å²) in [6.07, 6.45) is 0. The lowest BCUT2D eigenvalue weighted by Crippen LogP contribution is -2.37. The van der Waals surface area contributed by atoms with Gasteiger partial charge in [-0.25, -0.2) is 13.6 Å². The molecule has 7 heteroatoms. The van der Waals surface area contributed by atoms with Crippen LogP contribution >= 0.6 is 0 Å². The van der Waals surface area contributed by atoms with Gasteiger partial charge in [0.05, 0.1) is 5.92 Å². The highest BCUT2D eigenvalue weighted by atomic mass is 19.2. The van der Waals surface area contributed by atoms with Crippen LogP contribution < -0.4 is 10.6 Å². The number of carboxylic acid groups (broad SMARTS) is 1. The number of hydrogen-bond donors (Lipinski definition) is 3. The summed E-state index contributed by atoms with van der Waals surface area (Å²) in [6, 6.07) is 2.25. The Balaban J connectivity index is 2.55. The molecule has 0 aliphatic rings. The average molecular weight is 286 g/mol. The molecule has 0 aliphatic heterocycles. The van der Waals surface area contributed by atoms with Crippen molar-refractivity contribution in [2.75, 3.05) is 11.9 Å². The monoisotopic (exact) mass is 286 g/mol. The van der Waals surface area contributed by atoms with Gasteiger partial charge in [0.15, 0.2) is 11.6 Å². The molecule has 0 fully saturated rings. The number of amides is 2. The molecule has 110 valence electrons. The first-order chi connectivity index (χ1) is 9.31. The predicted molar refractivity (Wildman–Crippen MR) is 69.3 cm³/mol. The molecule has 2 amide bonds. The number of aliphatic carboxylic acids is 1. The highest BCUT2D eigenvalue weighted by molar-refractivity contribution is 5.89. The van der Waals surface area contributed by atoms with E-state index in [0.29, 0.717) is 0 Å². The predicted octanol–water partition coefficient (Wildman–Crippen LogP) is 2.44. The van der Waals surface area contributed by atoms with Crippen molar-refractivity contribution in [1.82, 2.24) is 5.32 Å². The molecule has 0 bridgehead atoms. The first kappa shape index (κ1) is 15.9. The Bertz CT molecular complexity index is 506. The minimum absolute atomic E-state index is 0.0531. The van der Waals surface area contributed by atoms with Crippen LogP contribution in [0.4, 0.5) is 19.3 Å². The molecule has 3 N–H and O–H groups in total. The molecule has 0 aromatic heterocycles. The van der Waals surface area contributed by atoms with E-state index >= 15 is 0 Å². The van der Waals surface area contributed by atoms with Gasteiger partial charge in [0, 0.05) is 18.3 Å². The van der Waals surface area contributed by atoms with Crippen molar-refractivity contribution in [2.24, 2.45) is 11.8 Å². The number of carboxylic acids is 1. The van der Waals surface area contributed by atoms with Crippen LogP contribution in [0.3, 0.4) is 0 Å². The van der Waals surface area contributed by atoms with Crippen molar-refractivity contribution >= 4 is 17.7 Å². The van der Waals surface area contributed by atoms with E-state index in [1.807, 2.05) is 0 Å². The second-order valence-electron chi connectivity index (χ2n) is 4.65. The smallest absolute Gasteiger partial charge is 0.319 e. The summed E-state index contributed by atoms with van der Waals surface area (Å²) in [6.45, 7) is 3.41. The van der Waals surface area contributed by atoms with E-state index in [0.717, 1.165) is 12.1 Å². The molecule has 0 spiro atoms. The largest absolute Gasteiger partial charge is 0.481 e. The summed E-state index contributed by atoms with van der Waals surface area (Å²) in [5.74, 6) is -3.95. The number of benzene rings is 1. The lowest BCUT2D eigenvalue weighted by Gasteiger charge is -2.17. The summed E-state index contributed by atoms with van der Waals surface area (Å²) in [5, 5.41) is 13.6. The summed E-state index contributed by atoms with van der Waals surface area (Å²) < 4.78 is 25.6. The van der Waals surface area contributed by atoms with E-state index in [1.54, 1.807) is 13.8 Å². The highest BCUT2D eigenvalue weighted by Gasteiger charge is 2.21. The fourth-order valence-corrected chi connectivity index (χ4v) is 1.56. The lowest BCUT2D eigenvalue weighted by molar-refractivity contribution is -0.142. The third kappa shape index (κ3) is 4.49. The Hall–Kier alpha value is -2.18. The number of carbonyl (C=O) groups excluding carboxylic acids is 1. The fourth-order valence-electron chi connectivity index (χ4n) is 1.56. The van der Waals surface area contributed by atoms with E-state index < -0.39 is 29.6 Å². The topological polar surface area (TPSA) is 78.4 Å². The Labute approximate surface area is 115 Å². The van der Waals surface area contributed by atoms with Crippen LogP contribution in [0.5, 0.6) is 0 Å². The van der Waals surface area contributed by atoms with Gasteiger partial charge < -0.3 is 15.7 Å². The lowest BCUT2D eigenvalue weighted by atomic mass is 9.96. The van der Waals surface area contributed by atoms with Crippen LogP contribution in [0.25, 0.3) is 0 Å². The summed E-state index contributed by atoms with van der Waals surface area (Å²) >= 11 is 0. The van der Waals surface area contributed by atoms with Crippen LogP contribution in [0.2, 0.25) is 0 Å². The van der Waals surface area contributed by atoms with E-state index in [1.165, 1.54) is 6.07 Å². The van der Waals surface area contributed by atoms with Crippen molar-refractivity contribution in [3.05, 3.63) is 29.8 Å². The number of nitrogens with one attached hydrogen (secondary N) is 2. The third-order valence-electron chi connectivity index (χ3n) is 2.78. The van der Waals surface area contributed by atoms with Gasteiger partial charge in [0.25, 0.3) is 0 Å². The van der Waals surface area contributed by atoms with Gasteiger partial charge in [-0.2, -0.15) is 0 Å². The number of carbonyl (C=O) groups is 2. The Morgan fingerprint density at radius 3 is 2.40 bits per heavy atom. The zero-order valence-electron chi connectivity index (χ0n) is 11.1. The molecule has 0 saturated carbocycles. The van der Waals surface area contributed by atoms with E-state index in [9.17, 15) is 18.4 Å². The van der Waals surface area contributed by atoms with Crippen molar-refractivity contribution < 1.29 is 23.5 Å². The molecule has 1 atom stereocenters. The van der Waals surface area contributed by atoms with Crippen LogP contribution in [0.15, 0.2) is 18.2 Å². The highest BCUT2D eigenvalue weighted by Crippen LogP contribution is 2.13. The van der Waals surface area contributed by atoms with Gasteiger partial charge >= 0.3 is 12.0 Å². The molecule has 0 saturated heterocycles. The standard InChI is InChI=1S/C13H16F2N2O3/c1-7(2)9(12(18)19)6-16-13(20)17-8-3-4-10(14)11(15)5-8/h3-5,7,9H,6H2,1-2H3,(H,18,19)(H2,16,17,20). The minimum Gasteiger partial charge on any atom is -0.481 e. The van der Waals surface area contributed by atoms with Gasteiger partial charge in [-0.05, 0) is 18.1 Å². The molecule has 1 aromatic carbocycles. The first-order valence-electron chi connectivity index (χ1n) is 6.04. The Morgan fingerprint density at radius 1 is 1.25 bits per heavy atom. The van der Waals surface area contributed by atoms with Gasteiger partial charge in [-0.3, -0.25) is 4.79 Å². The SMILES string of the molecule is CC(C)C(CNC(=O)Nc1ccc(F)c(F)c1)C(=O)O. The van der Waals surface area contributed by atoms with Crippen molar-refractivity contribution in [3.8, 4) is 0 Å². The van der Waals surface area contributed by atoms with Crippen LogP contribution in [-0.2, 0) is 4.79 Å². The maximum atomic E-state index is 12.9. The summed E-state index contributed by atoms with van der Waals surface area (Å²) in [7, 11) is 0. The van der Waals surface area contributed by atoms with Crippen molar-refractivity contribution in [2.45, 2.75) is 13.8 Å². The van der Waals surface area contributed by atoms with Crippen LogP contribution in [0, 0.1) is 23.5 Å². The normalized spacial score (nSPS) is 12.1. The number of urea groups is 1.